The molecule has 0 aliphatic rings. The van der Waals surface area contributed by atoms with Gasteiger partial charge in [0.25, 0.3) is 0 Å². The van der Waals surface area contributed by atoms with Gasteiger partial charge in [0.2, 0.25) is 0 Å². The molecule has 90 valence electrons. The molecule has 0 aliphatic heterocycles. The minimum absolute atomic E-state index is 0.0811. The fourth-order valence-electron chi connectivity index (χ4n) is 1.61. The van der Waals surface area contributed by atoms with Gasteiger partial charge in [-0.15, -0.1) is 0 Å². The number of hydrogen-bond donors (Lipinski definition) is 1. The van der Waals surface area contributed by atoms with Gasteiger partial charge in [-0.25, -0.2) is 0 Å². The molecule has 0 fully saturated rings. The highest BCUT2D eigenvalue weighted by Gasteiger charge is 2.19. The number of likely N-dealkylation sites (N-methyl/N-ethyl adjacent to an activating group) is 1. The number of aliphatic hydroxyl groups excluding tert-OH is 1. The number of ether oxygens (including phenoxy) is 1. The zero-order chi connectivity index (χ0) is 12.0. The summed E-state index contributed by atoms with van der Waals surface area (Å²) in [6, 6.07) is 9.82. The van der Waals surface area contributed by atoms with Crippen LogP contribution in [0.5, 0.6) is 0 Å². The maximum atomic E-state index is 10.2. The predicted octanol–water partition coefficient (Wildman–Crippen LogP) is 1.69. The maximum Gasteiger partial charge on any atom is 0.0942 e. The number of aliphatic hydroxyl groups is 1. The molecule has 0 radical (unpaired) electrons. The first kappa shape index (κ1) is 13.2. The van der Waals surface area contributed by atoms with Crippen LogP contribution in [0.1, 0.15) is 18.6 Å². The summed E-state index contributed by atoms with van der Waals surface area (Å²) in [4.78, 5) is 2.10. The standard InChI is InChI=1S/C13H21NO2/c1-11(14(2)9-10-16-3)13(15)12-7-5-4-6-8-12/h4-8,11,13,15H,9-10H2,1-3H3/t11-,13-/m0/s1. The number of methoxy groups -OCH3 is 1. The molecule has 1 aromatic carbocycles. The van der Waals surface area contributed by atoms with Crippen molar-refractivity contribution in [1.29, 1.82) is 0 Å². The Labute approximate surface area is 97.7 Å². The van der Waals surface area contributed by atoms with Crippen LogP contribution in [-0.2, 0) is 4.74 Å². The monoisotopic (exact) mass is 223 g/mol. The SMILES string of the molecule is COCCN(C)[C@@H](C)[C@H](O)c1ccccc1. The second kappa shape index (κ2) is 6.63. The first-order chi connectivity index (χ1) is 7.66. The molecule has 0 aliphatic carbocycles. The highest BCUT2D eigenvalue weighted by Crippen LogP contribution is 2.19. The van der Waals surface area contributed by atoms with E-state index >= 15 is 0 Å². The molecule has 1 rings (SSSR count). The molecule has 0 aromatic heterocycles. The number of nitrogens with zero attached hydrogens (tertiary/aromatic N) is 1. The highest BCUT2D eigenvalue weighted by molar-refractivity contribution is 5.18. The van der Waals surface area contributed by atoms with Crippen LogP contribution in [0.3, 0.4) is 0 Å². The second-order valence-corrected chi connectivity index (χ2v) is 4.07. The molecule has 0 unspecified atom stereocenters. The van der Waals surface area contributed by atoms with E-state index in [-0.39, 0.29) is 6.04 Å². The first-order valence-electron chi connectivity index (χ1n) is 5.59. The smallest absolute Gasteiger partial charge is 0.0942 e. The van der Waals surface area contributed by atoms with Gasteiger partial charge in [0, 0.05) is 19.7 Å². The normalized spacial score (nSPS) is 15.1. The van der Waals surface area contributed by atoms with Crippen LogP contribution < -0.4 is 0 Å². The van der Waals surface area contributed by atoms with Crippen LogP contribution in [0.2, 0.25) is 0 Å². The molecule has 0 saturated heterocycles. The van der Waals surface area contributed by atoms with Crippen LogP contribution in [0.25, 0.3) is 0 Å². The zero-order valence-corrected chi connectivity index (χ0v) is 10.3. The summed E-state index contributed by atoms with van der Waals surface area (Å²) in [6.07, 6.45) is -0.456. The Balaban J connectivity index is 2.56. The van der Waals surface area contributed by atoms with E-state index in [1.165, 1.54) is 0 Å². The predicted molar refractivity (Wildman–Crippen MR) is 65.4 cm³/mol. The summed E-state index contributed by atoms with van der Waals surface area (Å²) in [5.41, 5.74) is 0.958. The van der Waals surface area contributed by atoms with Crippen LogP contribution in [0.4, 0.5) is 0 Å². The molecule has 0 saturated carbocycles. The topological polar surface area (TPSA) is 32.7 Å². The van der Waals surface area contributed by atoms with Crippen molar-refractivity contribution in [2.45, 2.75) is 19.1 Å². The quantitative estimate of drug-likeness (QED) is 0.796. The van der Waals surface area contributed by atoms with Crippen molar-refractivity contribution in [2.75, 3.05) is 27.3 Å². The minimum atomic E-state index is -0.456. The summed E-state index contributed by atoms with van der Waals surface area (Å²) >= 11 is 0. The number of benzene rings is 1. The largest absolute Gasteiger partial charge is 0.387 e. The molecule has 0 amide bonds. The van der Waals surface area contributed by atoms with E-state index in [1.54, 1.807) is 7.11 Å². The Morgan fingerprint density at radius 2 is 1.94 bits per heavy atom. The third-order valence-corrected chi connectivity index (χ3v) is 2.94. The molecule has 0 spiro atoms. The van der Waals surface area contributed by atoms with Crippen molar-refractivity contribution in [3.05, 3.63) is 35.9 Å². The van der Waals surface area contributed by atoms with Gasteiger partial charge in [-0.1, -0.05) is 30.3 Å². The van der Waals surface area contributed by atoms with E-state index in [4.69, 9.17) is 4.74 Å². The second-order valence-electron chi connectivity index (χ2n) is 4.07. The van der Waals surface area contributed by atoms with Crippen molar-refractivity contribution < 1.29 is 9.84 Å². The lowest BCUT2D eigenvalue weighted by Gasteiger charge is -2.28. The summed E-state index contributed by atoms with van der Waals surface area (Å²) in [5.74, 6) is 0. The van der Waals surface area contributed by atoms with Crippen LogP contribution >= 0.6 is 0 Å². The number of rotatable bonds is 6. The van der Waals surface area contributed by atoms with E-state index in [1.807, 2.05) is 44.3 Å². The Hall–Kier alpha value is -0.900. The van der Waals surface area contributed by atoms with E-state index in [0.29, 0.717) is 6.61 Å². The van der Waals surface area contributed by atoms with Gasteiger partial charge in [0.1, 0.15) is 0 Å². The van der Waals surface area contributed by atoms with Crippen molar-refractivity contribution >= 4 is 0 Å². The van der Waals surface area contributed by atoms with Gasteiger partial charge in [-0.3, -0.25) is 4.90 Å². The average molecular weight is 223 g/mol. The molecule has 3 nitrogen and oxygen atoms in total. The third-order valence-electron chi connectivity index (χ3n) is 2.94. The van der Waals surface area contributed by atoms with E-state index < -0.39 is 6.10 Å². The average Bonchev–Trinajstić information content (AvgIpc) is 2.35. The van der Waals surface area contributed by atoms with E-state index in [0.717, 1.165) is 12.1 Å². The van der Waals surface area contributed by atoms with Crippen molar-refractivity contribution in [3.63, 3.8) is 0 Å². The Morgan fingerprint density at radius 1 is 1.31 bits per heavy atom. The van der Waals surface area contributed by atoms with Gasteiger partial charge in [0.15, 0.2) is 0 Å². The van der Waals surface area contributed by atoms with Gasteiger partial charge in [0.05, 0.1) is 12.7 Å². The Morgan fingerprint density at radius 3 is 2.50 bits per heavy atom. The third kappa shape index (κ3) is 3.59. The molecule has 0 heterocycles. The maximum absolute atomic E-state index is 10.2. The lowest BCUT2D eigenvalue weighted by Crippen LogP contribution is -2.36. The molecular formula is C13H21NO2. The molecule has 1 aromatic rings. The van der Waals surface area contributed by atoms with E-state index in [9.17, 15) is 5.11 Å². The Bertz CT molecular complexity index is 289. The molecule has 2 atom stereocenters. The summed E-state index contributed by atoms with van der Waals surface area (Å²) in [7, 11) is 3.68. The summed E-state index contributed by atoms with van der Waals surface area (Å²) in [6.45, 7) is 3.53. The minimum Gasteiger partial charge on any atom is -0.387 e. The molecule has 16 heavy (non-hydrogen) atoms. The number of hydrogen-bond acceptors (Lipinski definition) is 3. The van der Waals surface area contributed by atoms with Crippen molar-refractivity contribution in [2.24, 2.45) is 0 Å². The van der Waals surface area contributed by atoms with Crippen molar-refractivity contribution in [1.82, 2.24) is 4.90 Å². The fourth-order valence-corrected chi connectivity index (χ4v) is 1.61. The van der Waals surface area contributed by atoms with Gasteiger partial charge >= 0.3 is 0 Å². The van der Waals surface area contributed by atoms with Crippen LogP contribution in [0.15, 0.2) is 30.3 Å². The van der Waals surface area contributed by atoms with Gasteiger partial charge in [-0.2, -0.15) is 0 Å². The molecular weight excluding hydrogens is 202 g/mol. The van der Waals surface area contributed by atoms with Gasteiger partial charge < -0.3 is 9.84 Å². The lowest BCUT2D eigenvalue weighted by molar-refractivity contribution is 0.0566. The summed E-state index contributed by atoms with van der Waals surface area (Å²) < 4.78 is 5.02. The molecule has 0 bridgehead atoms. The first-order valence-corrected chi connectivity index (χ1v) is 5.59. The molecule has 3 heteroatoms. The zero-order valence-electron chi connectivity index (χ0n) is 10.3. The highest BCUT2D eigenvalue weighted by atomic mass is 16.5. The van der Waals surface area contributed by atoms with Gasteiger partial charge in [-0.05, 0) is 19.5 Å². The van der Waals surface area contributed by atoms with E-state index in [2.05, 4.69) is 4.90 Å². The lowest BCUT2D eigenvalue weighted by atomic mass is 10.0. The van der Waals surface area contributed by atoms with Crippen LogP contribution in [0, 0.1) is 0 Å². The Kier molecular flexibility index (Phi) is 5.46. The molecule has 1 N–H and O–H groups in total. The fraction of sp³-hybridized carbons (Fsp3) is 0.538. The van der Waals surface area contributed by atoms with Crippen LogP contribution in [-0.4, -0.2) is 43.4 Å². The summed E-state index contributed by atoms with van der Waals surface area (Å²) in [5, 5.41) is 10.2. The van der Waals surface area contributed by atoms with Crippen molar-refractivity contribution in [3.8, 4) is 0 Å².